The third-order valence-electron chi connectivity index (χ3n) is 2.80. The molecule has 1 aromatic rings. The summed E-state index contributed by atoms with van der Waals surface area (Å²) in [5.41, 5.74) is 0.503. The van der Waals surface area contributed by atoms with Crippen molar-refractivity contribution in [1.29, 1.82) is 0 Å². The zero-order chi connectivity index (χ0) is 10.8. The first kappa shape index (κ1) is 11.0. The molecule has 1 fully saturated rings. The predicted octanol–water partition coefficient (Wildman–Crippen LogP) is 3.19. The number of hydrogen-bond acceptors (Lipinski definition) is 1. The minimum atomic E-state index is -0.766. The van der Waals surface area contributed by atoms with Crippen molar-refractivity contribution in [2.45, 2.75) is 18.8 Å². The van der Waals surface area contributed by atoms with E-state index in [1.807, 2.05) is 0 Å². The second kappa shape index (κ2) is 4.58. The van der Waals surface area contributed by atoms with Gasteiger partial charge in [-0.15, -0.1) is 0 Å². The number of piperidine rings is 1. The molecule has 1 aromatic carbocycles. The van der Waals surface area contributed by atoms with Gasteiger partial charge in [0.2, 0.25) is 0 Å². The van der Waals surface area contributed by atoms with Crippen LogP contribution in [0, 0.1) is 11.6 Å². The lowest BCUT2D eigenvalue weighted by Gasteiger charge is -2.23. The summed E-state index contributed by atoms with van der Waals surface area (Å²) in [4.78, 5) is 0. The lowest BCUT2D eigenvalue weighted by Crippen LogP contribution is -2.27. The van der Waals surface area contributed by atoms with Gasteiger partial charge >= 0.3 is 0 Å². The summed E-state index contributed by atoms with van der Waals surface area (Å²) in [6.45, 7) is 1.75. The fourth-order valence-corrected chi connectivity index (χ4v) is 2.45. The van der Waals surface area contributed by atoms with E-state index in [0.717, 1.165) is 25.9 Å². The summed E-state index contributed by atoms with van der Waals surface area (Å²) < 4.78 is 27.3. The number of halogens is 3. The van der Waals surface area contributed by atoms with Crippen molar-refractivity contribution in [3.8, 4) is 0 Å². The molecule has 0 spiro atoms. The third-order valence-corrected chi connectivity index (χ3v) is 3.26. The minimum Gasteiger partial charge on any atom is -0.317 e. The Kier molecular flexibility index (Phi) is 3.36. The molecule has 1 saturated heterocycles. The highest BCUT2D eigenvalue weighted by molar-refractivity contribution is 9.10. The van der Waals surface area contributed by atoms with Gasteiger partial charge in [0.1, 0.15) is 0 Å². The number of nitrogens with one attached hydrogen (secondary N) is 1. The molecule has 1 aliphatic rings. The molecule has 15 heavy (non-hydrogen) atoms. The van der Waals surface area contributed by atoms with Crippen LogP contribution in [0.2, 0.25) is 0 Å². The zero-order valence-corrected chi connectivity index (χ0v) is 9.78. The molecule has 0 atom stereocenters. The molecule has 0 aliphatic carbocycles. The fraction of sp³-hybridized carbons (Fsp3) is 0.455. The number of benzene rings is 1. The first-order chi connectivity index (χ1) is 7.18. The Morgan fingerprint density at radius 1 is 1.20 bits per heavy atom. The normalized spacial score (nSPS) is 18.1. The summed E-state index contributed by atoms with van der Waals surface area (Å²) in [5.74, 6) is -1.32. The Morgan fingerprint density at radius 2 is 1.87 bits per heavy atom. The molecule has 0 unspecified atom stereocenters. The predicted molar refractivity (Wildman–Crippen MR) is 58.9 cm³/mol. The van der Waals surface area contributed by atoms with E-state index in [9.17, 15) is 8.78 Å². The Labute approximate surface area is 96.0 Å². The molecule has 0 radical (unpaired) electrons. The van der Waals surface area contributed by atoms with Gasteiger partial charge in [0.15, 0.2) is 11.6 Å². The Morgan fingerprint density at radius 3 is 2.53 bits per heavy atom. The van der Waals surface area contributed by atoms with Crippen molar-refractivity contribution in [2.24, 2.45) is 0 Å². The fourth-order valence-electron chi connectivity index (χ4n) is 2.01. The van der Waals surface area contributed by atoms with Gasteiger partial charge in [-0.1, -0.05) is 15.9 Å². The molecule has 1 heterocycles. The quantitative estimate of drug-likeness (QED) is 0.777. The molecule has 0 saturated carbocycles. The van der Waals surface area contributed by atoms with Crippen LogP contribution in [0.3, 0.4) is 0 Å². The Balaban J connectivity index is 2.33. The van der Waals surface area contributed by atoms with E-state index >= 15 is 0 Å². The minimum absolute atomic E-state index is 0.137. The SMILES string of the molecule is Fc1cc(Br)cc(C2CCNCC2)c1F. The van der Waals surface area contributed by atoms with Crippen LogP contribution >= 0.6 is 15.9 Å². The molecular formula is C11H12BrF2N. The van der Waals surface area contributed by atoms with Crippen molar-refractivity contribution < 1.29 is 8.78 Å². The third kappa shape index (κ3) is 2.37. The van der Waals surface area contributed by atoms with E-state index in [0.29, 0.717) is 10.0 Å². The van der Waals surface area contributed by atoms with E-state index < -0.39 is 11.6 Å². The summed E-state index contributed by atoms with van der Waals surface area (Å²) >= 11 is 3.19. The largest absolute Gasteiger partial charge is 0.317 e. The van der Waals surface area contributed by atoms with E-state index in [2.05, 4.69) is 21.2 Å². The topological polar surface area (TPSA) is 12.0 Å². The standard InChI is InChI=1S/C11H12BrF2N/c12-8-5-9(11(14)10(13)6-8)7-1-3-15-4-2-7/h5-7,15H,1-4H2. The maximum atomic E-state index is 13.5. The summed E-state index contributed by atoms with van der Waals surface area (Å²) in [5, 5.41) is 3.21. The Bertz CT molecular complexity index is 362. The van der Waals surface area contributed by atoms with Crippen molar-refractivity contribution in [1.82, 2.24) is 5.32 Å². The summed E-state index contributed by atoms with van der Waals surface area (Å²) in [6, 6.07) is 2.86. The molecule has 1 N–H and O–H groups in total. The van der Waals surface area contributed by atoms with Crippen LogP contribution in [0.25, 0.3) is 0 Å². The first-order valence-corrected chi connectivity index (χ1v) is 5.83. The second-order valence-electron chi connectivity index (χ2n) is 3.82. The molecule has 0 amide bonds. The van der Waals surface area contributed by atoms with Gasteiger partial charge in [-0.3, -0.25) is 0 Å². The second-order valence-corrected chi connectivity index (χ2v) is 4.73. The van der Waals surface area contributed by atoms with E-state index in [-0.39, 0.29) is 5.92 Å². The maximum absolute atomic E-state index is 13.5. The van der Waals surface area contributed by atoms with Gasteiger partial charge in [0.25, 0.3) is 0 Å². The average molecular weight is 276 g/mol. The van der Waals surface area contributed by atoms with E-state index in [4.69, 9.17) is 0 Å². The Hall–Kier alpha value is -0.480. The highest BCUT2D eigenvalue weighted by Crippen LogP contribution is 2.30. The van der Waals surface area contributed by atoms with Crippen molar-refractivity contribution >= 4 is 15.9 Å². The van der Waals surface area contributed by atoms with Gasteiger partial charge in [0.05, 0.1) is 0 Å². The molecule has 0 aromatic heterocycles. The number of rotatable bonds is 1. The molecular weight excluding hydrogens is 264 g/mol. The molecule has 4 heteroatoms. The van der Waals surface area contributed by atoms with Gasteiger partial charge in [-0.2, -0.15) is 0 Å². The average Bonchev–Trinajstić information content (AvgIpc) is 2.24. The molecule has 2 rings (SSSR count). The van der Waals surface area contributed by atoms with Crippen LogP contribution in [0.5, 0.6) is 0 Å². The molecule has 1 aliphatic heterocycles. The highest BCUT2D eigenvalue weighted by atomic mass is 79.9. The van der Waals surface area contributed by atoms with E-state index in [1.54, 1.807) is 6.07 Å². The highest BCUT2D eigenvalue weighted by Gasteiger charge is 2.21. The van der Waals surface area contributed by atoms with Gasteiger partial charge in [-0.25, -0.2) is 8.78 Å². The van der Waals surface area contributed by atoms with Crippen molar-refractivity contribution in [3.05, 3.63) is 33.8 Å². The number of hydrogen-bond donors (Lipinski definition) is 1. The van der Waals surface area contributed by atoms with Crippen molar-refractivity contribution in [3.63, 3.8) is 0 Å². The lowest BCUT2D eigenvalue weighted by molar-refractivity contribution is 0.429. The molecule has 82 valence electrons. The summed E-state index contributed by atoms with van der Waals surface area (Å²) in [6.07, 6.45) is 1.74. The molecule has 1 nitrogen and oxygen atoms in total. The van der Waals surface area contributed by atoms with Crippen LogP contribution < -0.4 is 5.32 Å². The van der Waals surface area contributed by atoms with Gasteiger partial charge in [-0.05, 0) is 49.5 Å². The van der Waals surface area contributed by atoms with E-state index in [1.165, 1.54) is 6.07 Å². The van der Waals surface area contributed by atoms with Crippen LogP contribution in [0.4, 0.5) is 8.78 Å². The van der Waals surface area contributed by atoms with Crippen LogP contribution in [-0.2, 0) is 0 Å². The van der Waals surface area contributed by atoms with Crippen molar-refractivity contribution in [2.75, 3.05) is 13.1 Å². The maximum Gasteiger partial charge on any atom is 0.162 e. The smallest absolute Gasteiger partial charge is 0.162 e. The lowest BCUT2D eigenvalue weighted by atomic mass is 9.90. The monoisotopic (exact) mass is 275 g/mol. The summed E-state index contributed by atoms with van der Waals surface area (Å²) in [7, 11) is 0. The molecule has 0 bridgehead atoms. The van der Waals surface area contributed by atoms with Gasteiger partial charge < -0.3 is 5.32 Å². The van der Waals surface area contributed by atoms with Gasteiger partial charge in [0, 0.05) is 4.47 Å². The first-order valence-electron chi connectivity index (χ1n) is 5.03. The van der Waals surface area contributed by atoms with Crippen LogP contribution in [0.1, 0.15) is 24.3 Å². The van der Waals surface area contributed by atoms with Crippen LogP contribution in [-0.4, -0.2) is 13.1 Å². The van der Waals surface area contributed by atoms with Crippen LogP contribution in [0.15, 0.2) is 16.6 Å². The zero-order valence-electron chi connectivity index (χ0n) is 8.19.